The summed E-state index contributed by atoms with van der Waals surface area (Å²) in [4.78, 5) is 14.7. The maximum absolute atomic E-state index is 10.9. The van der Waals surface area contributed by atoms with Crippen molar-refractivity contribution >= 4 is 5.91 Å². The summed E-state index contributed by atoms with van der Waals surface area (Å²) in [5, 5.41) is 0. The molecule has 0 bridgehead atoms. The van der Waals surface area contributed by atoms with Gasteiger partial charge in [-0.3, -0.25) is 9.78 Å². The van der Waals surface area contributed by atoms with Gasteiger partial charge in [0, 0.05) is 19.5 Å². The highest BCUT2D eigenvalue weighted by Crippen LogP contribution is 2.15. The highest BCUT2D eigenvalue weighted by Gasteiger charge is 2.08. The second-order valence-corrected chi connectivity index (χ2v) is 2.58. The Kier molecular flexibility index (Phi) is 3.87. The Hall–Kier alpha value is -1.62. The molecule has 0 unspecified atom stereocenters. The fourth-order valence-corrected chi connectivity index (χ4v) is 0.928. The first kappa shape index (κ1) is 10.5. The van der Waals surface area contributed by atoms with Gasteiger partial charge in [-0.25, -0.2) is 0 Å². The first-order valence-electron chi connectivity index (χ1n) is 4.11. The van der Waals surface area contributed by atoms with Crippen LogP contribution in [-0.4, -0.2) is 31.2 Å². The first-order chi connectivity index (χ1) is 6.75. The number of rotatable bonds is 5. The Bertz CT molecular complexity index is 315. The third-order valence-corrected chi connectivity index (χ3v) is 1.59. The molecule has 5 heteroatoms. The predicted octanol–water partition coefficient (Wildman–Crippen LogP) is 0.206. The molecule has 0 aliphatic heterocycles. The maximum Gasteiger partial charge on any atom is 0.254 e. The molecule has 2 N–H and O–H groups in total. The standard InChI is InChI=1S/C9H12N2O3/c1-13-4-5-14-8-2-3-11-6-7(8)9(10)12/h2-3,6H,4-5H2,1H3,(H2,10,12). The molecule has 0 atom stereocenters. The van der Waals surface area contributed by atoms with Crippen molar-refractivity contribution < 1.29 is 14.3 Å². The maximum atomic E-state index is 10.9. The normalized spacial score (nSPS) is 9.79. The second kappa shape index (κ2) is 5.18. The average Bonchev–Trinajstić information content (AvgIpc) is 2.19. The Labute approximate surface area is 81.8 Å². The summed E-state index contributed by atoms with van der Waals surface area (Å²) in [6, 6.07) is 1.59. The molecule has 1 heterocycles. The Morgan fingerprint density at radius 1 is 1.57 bits per heavy atom. The van der Waals surface area contributed by atoms with Gasteiger partial charge in [0.15, 0.2) is 0 Å². The summed E-state index contributed by atoms with van der Waals surface area (Å²) in [5.74, 6) is -0.116. The van der Waals surface area contributed by atoms with Crippen molar-refractivity contribution in [2.24, 2.45) is 5.73 Å². The molecule has 1 amide bonds. The van der Waals surface area contributed by atoms with Gasteiger partial charge < -0.3 is 15.2 Å². The van der Waals surface area contributed by atoms with Gasteiger partial charge in [0.2, 0.25) is 0 Å². The summed E-state index contributed by atoms with van der Waals surface area (Å²) in [6.45, 7) is 0.835. The smallest absolute Gasteiger partial charge is 0.254 e. The number of carbonyl (C=O) groups is 1. The molecular formula is C9H12N2O3. The fourth-order valence-electron chi connectivity index (χ4n) is 0.928. The van der Waals surface area contributed by atoms with E-state index in [1.165, 1.54) is 12.4 Å². The van der Waals surface area contributed by atoms with Crippen LogP contribution in [0.3, 0.4) is 0 Å². The monoisotopic (exact) mass is 196 g/mol. The number of pyridine rings is 1. The molecule has 0 aliphatic rings. The van der Waals surface area contributed by atoms with Crippen LogP contribution in [0.2, 0.25) is 0 Å². The third kappa shape index (κ3) is 2.70. The average molecular weight is 196 g/mol. The Morgan fingerprint density at radius 3 is 3.00 bits per heavy atom. The second-order valence-electron chi connectivity index (χ2n) is 2.58. The summed E-state index contributed by atoms with van der Waals surface area (Å²) in [7, 11) is 1.57. The van der Waals surface area contributed by atoms with Crippen LogP contribution in [0.4, 0.5) is 0 Å². The number of hydrogen-bond acceptors (Lipinski definition) is 4. The topological polar surface area (TPSA) is 74.4 Å². The van der Waals surface area contributed by atoms with Gasteiger partial charge in [-0.15, -0.1) is 0 Å². The zero-order valence-corrected chi connectivity index (χ0v) is 7.90. The lowest BCUT2D eigenvalue weighted by Crippen LogP contribution is -2.14. The van der Waals surface area contributed by atoms with Gasteiger partial charge in [-0.05, 0) is 6.07 Å². The molecule has 1 aromatic rings. The minimum Gasteiger partial charge on any atom is -0.490 e. The molecule has 1 rings (SSSR count). The van der Waals surface area contributed by atoms with Gasteiger partial charge in [-0.1, -0.05) is 0 Å². The number of nitrogens with two attached hydrogens (primary N) is 1. The number of carbonyl (C=O) groups excluding carboxylic acids is 1. The number of aromatic nitrogens is 1. The first-order valence-corrected chi connectivity index (χ1v) is 4.11. The summed E-state index contributed by atoms with van der Waals surface area (Å²) >= 11 is 0. The van der Waals surface area contributed by atoms with Crippen molar-refractivity contribution in [2.75, 3.05) is 20.3 Å². The lowest BCUT2D eigenvalue weighted by molar-refractivity contribution is 0.0992. The van der Waals surface area contributed by atoms with E-state index in [1.54, 1.807) is 13.2 Å². The van der Waals surface area contributed by atoms with Crippen molar-refractivity contribution in [1.82, 2.24) is 4.98 Å². The zero-order valence-electron chi connectivity index (χ0n) is 7.90. The van der Waals surface area contributed by atoms with E-state index in [-0.39, 0.29) is 5.56 Å². The van der Waals surface area contributed by atoms with Gasteiger partial charge in [0.1, 0.15) is 12.4 Å². The molecule has 0 radical (unpaired) electrons. The highest BCUT2D eigenvalue weighted by molar-refractivity contribution is 5.95. The van der Waals surface area contributed by atoms with Crippen LogP contribution in [-0.2, 0) is 4.74 Å². The number of primary amides is 1. The van der Waals surface area contributed by atoms with Gasteiger partial charge in [-0.2, -0.15) is 0 Å². The van der Waals surface area contributed by atoms with E-state index < -0.39 is 5.91 Å². The summed E-state index contributed by atoms with van der Waals surface area (Å²) in [5.41, 5.74) is 5.41. The molecule has 0 spiro atoms. The fraction of sp³-hybridized carbons (Fsp3) is 0.333. The van der Waals surface area contributed by atoms with Crippen molar-refractivity contribution in [3.05, 3.63) is 24.0 Å². The Balaban J connectivity index is 2.69. The molecule has 0 aliphatic carbocycles. The number of methoxy groups -OCH3 is 1. The van der Waals surface area contributed by atoms with E-state index in [0.717, 1.165) is 0 Å². The molecule has 0 saturated carbocycles. The largest absolute Gasteiger partial charge is 0.490 e. The van der Waals surface area contributed by atoms with E-state index in [9.17, 15) is 4.79 Å². The molecule has 76 valence electrons. The van der Waals surface area contributed by atoms with E-state index in [4.69, 9.17) is 15.2 Å². The van der Waals surface area contributed by atoms with Crippen LogP contribution in [0.1, 0.15) is 10.4 Å². The van der Waals surface area contributed by atoms with Crippen LogP contribution in [0, 0.1) is 0 Å². The van der Waals surface area contributed by atoms with Crippen LogP contribution < -0.4 is 10.5 Å². The minimum atomic E-state index is -0.550. The molecule has 0 fully saturated rings. The minimum absolute atomic E-state index is 0.281. The molecule has 1 aromatic heterocycles. The molecule has 14 heavy (non-hydrogen) atoms. The van der Waals surface area contributed by atoms with Crippen LogP contribution in [0.15, 0.2) is 18.5 Å². The van der Waals surface area contributed by atoms with Crippen molar-refractivity contribution in [1.29, 1.82) is 0 Å². The van der Waals surface area contributed by atoms with E-state index >= 15 is 0 Å². The molecular weight excluding hydrogens is 184 g/mol. The van der Waals surface area contributed by atoms with E-state index in [0.29, 0.717) is 19.0 Å². The summed E-state index contributed by atoms with van der Waals surface area (Å²) in [6.07, 6.45) is 2.92. The predicted molar refractivity (Wildman–Crippen MR) is 50.1 cm³/mol. The van der Waals surface area contributed by atoms with Crippen molar-refractivity contribution in [3.8, 4) is 5.75 Å². The van der Waals surface area contributed by atoms with Gasteiger partial charge in [0.05, 0.1) is 12.2 Å². The number of nitrogens with zero attached hydrogens (tertiary/aromatic N) is 1. The zero-order chi connectivity index (χ0) is 10.4. The third-order valence-electron chi connectivity index (χ3n) is 1.59. The van der Waals surface area contributed by atoms with E-state index in [2.05, 4.69) is 4.98 Å². The van der Waals surface area contributed by atoms with Crippen LogP contribution >= 0.6 is 0 Å². The van der Waals surface area contributed by atoms with Crippen molar-refractivity contribution in [2.45, 2.75) is 0 Å². The lowest BCUT2D eigenvalue weighted by atomic mass is 10.2. The quantitative estimate of drug-likeness (QED) is 0.683. The Morgan fingerprint density at radius 2 is 2.36 bits per heavy atom. The van der Waals surface area contributed by atoms with Crippen LogP contribution in [0.25, 0.3) is 0 Å². The highest BCUT2D eigenvalue weighted by atomic mass is 16.5. The molecule has 0 aromatic carbocycles. The number of ether oxygens (including phenoxy) is 2. The molecule has 0 saturated heterocycles. The SMILES string of the molecule is COCCOc1ccncc1C(N)=O. The van der Waals surface area contributed by atoms with Crippen molar-refractivity contribution in [3.63, 3.8) is 0 Å². The number of amides is 1. The van der Waals surface area contributed by atoms with Gasteiger partial charge >= 0.3 is 0 Å². The van der Waals surface area contributed by atoms with Gasteiger partial charge in [0.25, 0.3) is 5.91 Å². The van der Waals surface area contributed by atoms with E-state index in [1.807, 2.05) is 0 Å². The lowest BCUT2D eigenvalue weighted by Gasteiger charge is -2.07. The molecule has 5 nitrogen and oxygen atoms in total. The summed E-state index contributed by atoms with van der Waals surface area (Å²) < 4.78 is 10.1. The van der Waals surface area contributed by atoms with Crippen LogP contribution in [0.5, 0.6) is 5.75 Å². The number of hydrogen-bond donors (Lipinski definition) is 1.